The van der Waals surface area contributed by atoms with Crippen LogP contribution in [-0.4, -0.2) is 13.4 Å². The van der Waals surface area contributed by atoms with Gasteiger partial charge >= 0.3 is 0 Å². The van der Waals surface area contributed by atoms with Gasteiger partial charge in [0.15, 0.2) is 0 Å². The Morgan fingerprint density at radius 3 is 2.60 bits per heavy atom. The third-order valence-corrected chi connectivity index (χ3v) is 4.18. The first-order valence-electron chi connectivity index (χ1n) is 5.57. The summed E-state index contributed by atoms with van der Waals surface area (Å²) in [6.45, 7) is 1.75. The lowest BCUT2D eigenvalue weighted by Crippen LogP contribution is -2.14. The topological polar surface area (TPSA) is 82.9 Å². The van der Waals surface area contributed by atoms with Gasteiger partial charge in [-0.15, -0.1) is 0 Å². The summed E-state index contributed by atoms with van der Waals surface area (Å²) in [4.78, 5) is 3.73. The van der Waals surface area contributed by atoms with Gasteiger partial charge in [0.2, 0.25) is 0 Å². The fraction of sp³-hybridized carbons (Fsp3) is 0.0769. The van der Waals surface area contributed by atoms with Crippen LogP contribution in [0.4, 0.5) is 5.69 Å². The average molecular weight is 308 g/mol. The minimum atomic E-state index is -3.74. The van der Waals surface area contributed by atoms with Crippen molar-refractivity contribution in [3.05, 3.63) is 52.8 Å². The van der Waals surface area contributed by atoms with E-state index in [0.29, 0.717) is 16.3 Å². The van der Waals surface area contributed by atoms with E-state index in [1.165, 1.54) is 12.1 Å². The van der Waals surface area contributed by atoms with Gasteiger partial charge in [-0.05, 0) is 42.8 Å². The Bertz CT molecular complexity index is 780. The van der Waals surface area contributed by atoms with Gasteiger partial charge in [-0.25, -0.2) is 13.4 Å². The Morgan fingerprint density at radius 1 is 1.30 bits per heavy atom. The third-order valence-electron chi connectivity index (χ3n) is 2.59. The molecule has 1 aromatic carbocycles. The monoisotopic (exact) mass is 307 g/mol. The maximum atomic E-state index is 12.2. The lowest BCUT2D eigenvalue weighted by atomic mass is 10.2. The molecule has 5 nitrogen and oxygen atoms in total. The maximum absolute atomic E-state index is 12.2. The second-order valence-electron chi connectivity index (χ2n) is 4.06. The fourth-order valence-corrected chi connectivity index (χ4v) is 2.85. The molecule has 2 rings (SSSR count). The number of sulfonamides is 1. The molecule has 1 heterocycles. The predicted molar refractivity (Wildman–Crippen MR) is 75.9 cm³/mol. The summed E-state index contributed by atoms with van der Waals surface area (Å²) in [5.74, 6) is 0. The molecule has 0 atom stereocenters. The number of nitriles is 1. The van der Waals surface area contributed by atoms with Gasteiger partial charge in [-0.3, -0.25) is 4.72 Å². The molecule has 0 bridgehead atoms. The molecular weight excluding hydrogens is 298 g/mol. The largest absolute Gasteiger partial charge is 0.279 e. The van der Waals surface area contributed by atoms with E-state index in [2.05, 4.69) is 9.71 Å². The van der Waals surface area contributed by atoms with E-state index in [0.717, 1.165) is 6.20 Å². The molecule has 2 aromatic rings. The Labute approximate surface area is 121 Å². The van der Waals surface area contributed by atoms with Crippen LogP contribution in [0.5, 0.6) is 0 Å². The summed E-state index contributed by atoms with van der Waals surface area (Å²) in [5.41, 5.74) is 1.31. The van der Waals surface area contributed by atoms with Crippen LogP contribution in [-0.2, 0) is 10.0 Å². The van der Waals surface area contributed by atoms with Gasteiger partial charge in [-0.2, -0.15) is 5.26 Å². The highest BCUT2D eigenvalue weighted by Gasteiger charge is 2.15. The minimum absolute atomic E-state index is 0.00847. The van der Waals surface area contributed by atoms with Crippen molar-refractivity contribution in [2.45, 2.75) is 11.8 Å². The van der Waals surface area contributed by atoms with Gasteiger partial charge in [0.25, 0.3) is 10.0 Å². The number of halogens is 1. The molecule has 0 amide bonds. The van der Waals surface area contributed by atoms with E-state index in [1.54, 1.807) is 25.1 Å². The van der Waals surface area contributed by atoms with E-state index in [4.69, 9.17) is 16.9 Å². The van der Waals surface area contributed by atoms with Crippen LogP contribution in [0.1, 0.15) is 11.3 Å². The molecule has 0 aliphatic heterocycles. The van der Waals surface area contributed by atoms with Crippen molar-refractivity contribution < 1.29 is 8.42 Å². The lowest BCUT2D eigenvalue weighted by molar-refractivity contribution is 0.600. The van der Waals surface area contributed by atoms with Gasteiger partial charge in [-0.1, -0.05) is 11.6 Å². The van der Waals surface area contributed by atoms with Crippen LogP contribution in [0, 0.1) is 18.3 Å². The van der Waals surface area contributed by atoms with Gasteiger partial charge < -0.3 is 0 Å². The molecule has 0 saturated heterocycles. The highest BCUT2D eigenvalue weighted by Crippen LogP contribution is 2.22. The average Bonchev–Trinajstić information content (AvgIpc) is 2.42. The number of pyridine rings is 1. The predicted octanol–water partition coefficient (Wildman–Crippen LogP) is 2.72. The number of anilines is 1. The van der Waals surface area contributed by atoms with Gasteiger partial charge in [0.1, 0.15) is 16.7 Å². The number of rotatable bonds is 3. The number of nitrogens with zero attached hydrogens (tertiary/aromatic N) is 2. The molecule has 0 spiro atoms. The van der Waals surface area contributed by atoms with Crippen LogP contribution in [0.2, 0.25) is 5.02 Å². The Morgan fingerprint density at radius 2 is 2.05 bits per heavy atom. The number of benzene rings is 1. The zero-order valence-electron chi connectivity index (χ0n) is 10.5. The quantitative estimate of drug-likeness (QED) is 0.945. The van der Waals surface area contributed by atoms with Crippen LogP contribution >= 0.6 is 11.6 Å². The maximum Gasteiger partial charge on any atom is 0.263 e. The first-order valence-corrected chi connectivity index (χ1v) is 7.43. The standard InChI is InChI=1S/C13H10ClN3O2S/c1-9-6-10(14)2-5-13(9)17-20(18,19)12-4-3-11(7-15)16-8-12/h2-6,8,17H,1H3. The summed E-state index contributed by atoms with van der Waals surface area (Å²) in [5, 5.41) is 9.17. The Kier molecular flexibility index (Phi) is 3.93. The van der Waals surface area contributed by atoms with Crippen molar-refractivity contribution in [1.82, 2.24) is 4.98 Å². The smallest absolute Gasteiger partial charge is 0.263 e. The molecule has 102 valence electrons. The molecule has 1 N–H and O–H groups in total. The molecule has 0 unspecified atom stereocenters. The molecule has 0 aliphatic rings. The highest BCUT2D eigenvalue weighted by atomic mass is 35.5. The second-order valence-corrected chi connectivity index (χ2v) is 6.17. The van der Waals surface area contributed by atoms with Crippen molar-refractivity contribution in [1.29, 1.82) is 5.26 Å². The molecule has 7 heteroatoms. The number of aromatic nitrogens is 1. The summed E-state index contributed by atoms with van der Waals surface area (Å²) in [6, 6.07) is 9.37. The first kappa shape index (κ1) is 14.3. The molecular formula is C13H10ClN3O2S. The van der Waals surface area contributed by atoms with Crippen LogP contribution < -0.4 is 4.72 Å². The lowest BCUT2D eigenvalue weighted by Gasteiger charge is -2.10. The highest BCUT2D eigenvalue weighted by molar-refractivity contribution is 7.92. The van der Waals surface area contributed by atoms with E-state index in [1.807, 2.05) is 6.07 Å². The first-order chi connectivity index (χ1) is 9.42. The van der Waals surface area contributed by atoms with Crippen molar-refractivity contribution in [3.8, 4) is 6.07 Å². The minimum Gasteiger partial charge on any atom is -0.279 e. The van der Waals surface area contributed by atoms with E-state index in [9.17, 15) is 8.42 Å². The summed E-state index contributed by atoms with van der Waals surface area (Å²) >= 11 is 5.82. The number of hydrogen-bond donors (Lipinski definition) is 1. The van der Waals surface area contributed by atoms with Crippen molar-refractivity contribution in [3.63, 3.8) is 0 Å². The van der Waals surface area contributed by atoms with Gasteiger partial charge in [0, 0.05) is 11.2 Å². The summed E-state index contributed by atoms with van der Waals surface area (Å²) < 4.78 is 26.8. The molecule has 0 radical (unpaired) electrons. The van der Waals surface area contributed by atoms with Crippen molar-refractivity contribution in [2.75, 3.05) is 4.72 Å². The summed E-state index contributed by atoms with van der Waals surface area (Å²) in [7, 11) is -3.74. The van der Waals surface area contributed by atoms with Crippen LogP contribution in [0.3, 0.4) is 0 Å². The zero-order valence-corrected chi connectivity index (χ0v) is 12.0. The van der Waals surface area contributed by atoms with E-state index in [-0.39, 0.29) is 10.6 Å². The number of aryl methyl sites for hydroxylation is 1. The van der Waals surface area contributed by atoms with E-state index < -0.39 is 10.0 Å². The van der Waals surface area contributed by atoms with Crippen LogP contribution in [0.25, 0.3) is 0 Å². The molecule has 20 heavy (non-hydrogen) atoms. The summed E-state index contributed by atoms with van der Waals surface area (Å²) in [6.07, 6.45) is 1.14. The normalized spacial score (nSPS) is 10.8. The Hall–Kier alpha value is -2.10. The number of nitrogens with one attached hydrogen (secondary N) is 1. The van der Waals surface area contributed by atoms with Crippen molar-refractivity contribution >= 4 is 27.3 Å². The molecule has 0 saturated carbocycles. The van der Waals surface area contributed by atoms with Gasteiger partial charge in [0.05, 0.1) is 5.69 Å². The molecule has 0 fully saturated rings. The van der Waals surface area contributed by atoms with Crippen molar-refractivity contribution in [2.24, 2.45) is 0 Å². The van der Waals surface area contributed by atoms with E-state index >= 15 is 0 Å². The van der Waals surface area contributed by atoms with Crippen LogP contribution in [0.15, 0.2) is 41.4 Å². The zero-order chi connectivity index (χ0) is 14.8. The number of hydrogen-bond acceptors (Lipinski definition) is 4. The molecule has 1 aromatic heterocycles. The molecule has 0 aliphatic carbocycles. The SMILES string of the molecule is Cc1cc(Cl)ccc1NS(=O)(=O)c1ccc(C#N)nc1. The fourth-order valence-electron chi connectivity index (χ4n) is 1.55. The third kappa shape index (κ3) is 3.07. The Balaban J connectivity index is 2.33. The second kappa shape index (κ2) is 5.49.